The van der Waals surface area contributed by atoms with Crippen LogP contribution in [0.1, 0.15) is 34.3 Å². The lowest BCUT2D eigenvalue weighted by atomic mass is 10.3. The molecule has 0 saturated heterocycles. The van der Waals surface area contributed by atoms with Gasteiger partial charge in [-0.2, -0.15) is 0 Å². The Balaban J connectivity index is 3.20. The number of hydrogen-bond donors (Lipinski definition) is 2. The topological polar surface area (TPSA) is 104 Å². The summed E-state index contributed by atoms with van der Waals surface area (Å²) in [6.07, 6.45) is 2.21. The van der Waals surface area contributed by atoms with Gasteiger partial charge >= 0.3 is 0 Å². The molecule has 4 N–H and O–H groups in total. The van der Waals surface area contributed by atoms with Crippen molar-refractivity contribution in [1.29, 1.82) is 0 Å². The number of amides is 2. The minimum absolute atomic E-state index is 0.0639. The van der Waals surface area contributed by atoms with E-state index in [4.69, 9.17) is 11.5 Å². The fraction of sp³-hybridized carbons (Fsp3) is 0.375. The van der Waals surface area contributed by atoms with Crippen LogP contribution in [0.25, 0.3) is 0 Å². The molecule has 0 atom stereocenters. The maximum Gasteiger partial charge on any atom is 0.269 e. The van der Waals surface area contributed by atoms with Crippen LogP contribution in [-0.2, 0) is 6.54 Å². The largest absolute Gasteiger partial charge is 0.364 e. The van der Waals surface area contributed by atoms with Gasteiger partial charge in [-0.05, 0) is 6.42 Å². The first-order valence-electron chi connectivity index (χ1n) is 4.22. The highest BCUT2D eigenvalue weighted by atomic mass is 16.2. The van der Waals surface area contributed by atoms with E-state index < -0.39 is 11.8 Å². The predicted octanol–water partition coefficient (Wildman–Crippen LogP) is -0.509. The van der Waals surface area contributed by atoms with E-state index in [2.05, 4.69) is 4.98 Å². The zero-order chi connectivity index (χ0) is 10.7. The summed E-state index contributed by atoms with van der Waals surface area (Å²) in [4.78, 5) is 25.7. The number of carbonyl (C=O) groups excluding carboxylic acids is 2. The maximum atomic E-state index is 11.0. The molecule has 1 rings (SSSR count). The second-order valence-corrected chi connectivity index (χ2v) is 2.86. The minimum Gasteiger partial charge on any atom is -0.364 e. The molecular formula is C8H12N4O2. The molecule has 1 aromatic heterocycles. The molecule has 0 aliphatic carbocycles. The van der Waals surface area contributed by atoms with E-state index in [0.717, 1.165) is 6.42 Å². The first kappa shape index (κ1) is 10.2. The van der Waals surface area contributed by atoms with E-state index in [0.29, 0.717) is 6.54 Å². The lowest BCUT2D eigenvalue weighted by Crippen LogP contribution is -2.23. The third-order valence-electron chi connectivity index (χ3n) is 1.77. The Bertz CT molecular complexity index is 369. The van der Waals surface area contributed by atoms with Crippen LogP contribution in [0.15, 0.2) is 6.33 Å². The SMILES string of the molecule is CCCn1cnc(C(N)=O)c1C(N)=O. The van der Waals surface area contributed by atoms with E-state index in [1.54, 1.807) is 0 Å². The highest BCUT2D eigenvalue weighted by Crippen LogP contribution is 2.07. The predicted molar refractivity (Wildman–Crippen MR) is 49.6 cm³/mol. The molecule has 6 nitrogen and oxygen atoms in total. The molecule has 1 heterocycles. The number of nitrogens with zero attached hydrogens (tertiary/aromatic N) is 2. The van der Waals surface area contributed by atoms with Gasteiger partial charge in [-0.3, -0.25) is 9.59 Å². The number of primary amides is 2. The number of aryl methyl sites for hydroxylation is 1. The molecule has 0 aliphatic rings. The van der Waals surface area contributed by atoms with Gasteiger partial charge in [0.15, 0.2) is 5.69 Å². The Morgan fingerprint density at radius 1 is 1.43 bits per heavy atom. The third-order valence-corrected chi connectivity index (χ3v) is 1.77. The van der Waals surface area contributed by atoms with Gasteiger partial charge in [0.25, 0.3) is 11.8 Å². The molecule has 0 fully saturated rings. The summed E-state index contributed by atoms with van der Waals surface area (Å²) in [5, 5.41) is 0. The first-order chi connectivity index (χ1) is 6.57. The lowest BCUT2D eigenvalue weighted by Gasteiger charge is -2.03. The van der Waals surface area contributed by atoms with E-state index in [-0.39, 0.29) is 11.4 Å². The van der Waals surface area contributed by atoms with E-state index in [1.807, 2.05) is 6.92 Å². The van der Waals surface area contributed by atoms with E-state index in [9.17, 15) is 9.59 Å². The standard InChI is InChI=1S/C8H12N4O2/c1-2-3-12-4-11-5(7(9)13)6(12)8(10)14/h4H,2-3H2,1H3,(H2,9,13)(H2,10,14). The van der Waals surface area contributed by atoms with Gasteiger partial charge in [-0.25, -0.2) is 4.98 Å². The Kier molecular flexibility index (Phi) is 2.85. The Hall–Kier alpha value is -1.85. The summed E-state index contributed by atoms with van der Waals surface area (Å²) in [6.45, 7) is 2.52. The highest BCUT2D eigenvalue weighted by Gasteiger charge is 2.19. The number of carbonyl (C=O) groups is 2. The molecule has 76 valence electrons. The molecule has 0 aliphatic heterocycles. The molecule has 0 saturated carbocycles. The second-order valence-electron chi connectivity index (χ2n) is 2.86. The Morgan fingerprint density at radius 2 is 2.07 bits per heavy atom. The average molecular weight is 196 g/mol. The number of rotatable bonds is 4. The molecule has 0 spiro atoms. The molecule has 1 aromatic rings. The molecule has 0 radical (unpaired) electrons. The van der Waals surface area contributed by atoms with Crippen molar-refractivity contribution in [2.75, 3.05) is 0 Å². The van der Waals surface area contributed by atoms with Gasteiger partial charge in [0.05, 0.1) is 6.33 Å². The van der Waals surface area contributed by atoms with Crippen molar-refractivity contribution in [3.05, 3.63) is 17.7 Å². The maximum absolute atomic E-state index is 11.0. The fourth-order valence-corrected chi connectivity index (χ4v) is 1.23. The van der Waals surface area contributed by atoms with Gasteiger partial charge in [0, 0.05) is 6.54 Å². The van der Waals surface area contributed by atoms with Crippen LogP contribution in [0.5, 0.6) is 0 Å². The lowest BCUT2D eigenvalue weighted by molar-refractivity contribution is 0.0959. The van der Waals surface area contributed by atoms with Crippen molar-refractivity contribution in [1.82, 2.24) is 9.55 Å². The van der Waals surface area contributed by atoms with Crippen molar-refractivity contribution in [2.24, 2.45) is 11.5 Å². The third kappa shape index (κ3) is 1.73. The molecule has 6 heteroatoms. The van der Waals surface area contributed by atoms with E-state index in [1.165, 1.54) is 10.9 Å². The van der Waals surface area contributed by atoms with Crippen molar-refractivity contribution >= 4 is 11.8 Å². The Labute approximate surface area is 80.9 Å². The van der Waals surface area contributed by atoms with Crippen molar-refractivity contribution in [3.8, 4) is 0 Å². The smallest absolute Gasteiger partial charge is 0.269 e. The summed E-state index contributed by atoms with van der Waals surface area (Å²) in [7, 11) is 0. The molecule has 2 amide bonds. The van der Waals surface area contributed by atoms with Crippen molar-refractivity contribution in [2.45, 2.75) is 19.9 Å². The molecule has 0 aromatic carbocycles. The van der Waals surface area contributed by atoms with Crippen LogP contribution in [0.2, 0.25) is 0 Å². The van der Waals surface area contributed by atoms with E-state index >= 15 is 0 Å². The number of aromatic nitrogens is 2. The van der Waals surface area contributed by atoms with Gasteiger partial charge in [-0.15, -0.1) is 0 Å². The van der Waals surface area contributed by atoms with Crippen LogP contribution in [0.4, 0.5) is 0 Å². The number of nitrogens with two attached hydrogens (primary N) is 2. The van der Waals surface area contributed by atoms with Crippen LogP contribution in [0, 0.1) is 0 Å². The van der Waals surface area contributed by atoms with Crippen molar-refractivity contribution in [3.63, 3.8) is 0 Å². The monoisotopic (exact) mass is 196 g/mol. The van der Waals surface area contributed by atoms with Crippen LogP contribution < -0.4 is 11.5 Å². The van der Waals surface area contributed by atoms with Crippen LogP contribution >= 0.6 is 0 Å². The minimum atomic E-state index is -0.742. The summed E-state index contributed by atoms with van der Waals surface area (Å²) < 4.78 is 1.53. The Morgan fingerprint density at radius 3 is 2.50 bits per heavy atom. The molecular weight excluding hydrogens is 184 g/mol. The van der Waals surface area contributed by atoms with Gasteiger partial charge in [0.2, 0.25) is 0 Å². The van der Waals surface area contributed by atoms with Gasteiger partial charge in [0.1, 0.15) is 5.69 Å². The molecule has 0 bridgehead atoms. The summed E-state index contributed by atoms with van der Waals surface area (Å²) in [6, 6.07) is 0. The fourth-order valence-electron chi connectivity index (χ4n) is 1.23. The summed E-state index contributed by atoms with van der Waals surface area (Å²) in [5.74, 6) is -1.43. The van der Waals surface area contributed by atoms with Crippen LogP contribution in [0.3, 0.4) is 0 Å². The van der Waals surface area contributed by atoms with Crippen molar-refractivity contribution < 1.29 is 9.59 Å². The second kappa shape index (κ2) is 3.91. The highest BCUT2D eigenvalue weighted by molar-refractivity contribution is 6.03. The van der Waals surface area contributed by atoms with Gasteiger partial charge in [-0.1, -0.05) is 6.92 Å². The average Bonchev–Trinajstić information content (AvgIpc) is 2.48. The zero-order valence-electron chi connectivity index (χ0n) is 7.86. The molecule has 0 unspecified atom stereocenters. The zero-order valence-corrected chi connectivity index (χ0v) is 7.86. The first-order valence-corrected chi connectivity index (χ1v) is 4.22. The normalized spacial score (nSPS) is 10.1. The summed E-state index contributed by atoms with van der Waals surface area (Å²) in [5.41, 5.74) is 10.2. The quantitative estimate of drug-likeness (QED) is 0.677. The van der Waals surface area contributed by atoms with Crippen LogP contribution in [-0.4, -0.2) is 21.4 Å². The van der Waals surface area contributed by atoms with Gasteiger partial charge < -0.3 is 16.0 Å². The summed E-state index contributed by atoms with van der Waals surface area (Å²) >= 11 is 0. The number of hydrogen-bond acceptors (Lipinski definition) is 3. The number of imidazole rings is 1. The molecule has 14 heavy (non-hydrogen) atoms.